The lowest BCUT2D eigenvalue weighted by Gasteiger charge is -2.48. The molecular weight excluding hydrogens is 394 g/mol. The Balaban J connectivity index is 1.85. The van der Waals surface area contributed by atoms with Gasteiger partial charge >= 0.3 is 0 Å². The number of amides is 1. The van der Waals surface area contributed by atoms with Crippen molar-refractivity contribution in [2.45, 2.75) is 68.3 Å². The van der Waals surface area contributed by atoms with Crippen molar-refractivity contribution in [3.05, 3.63) is 0 Å². The van der Waals surface area contributed by atoms with Crippen LogP contribution in [0.25, 0.3) is 0 Å². The van der Waals surface area contributed by atoms with E-state index >= 15 is 0 Å². The third-order valence-electron chi connectivity index (χ3n) is 5.21. The lowest BCUT2D eigenvalue weighted by atomic mass is 9.95. The van der Waals surface area contributed by atoms with Gasteiger partial charge in [-0.05, 0) is 0 Å². The monoisotopic (exact) mass is 423 g/mol. The molecule has 3 aliphatic rings. The van der Waals surface area contributed by atoms with Gasteiger partial charge in [0.1, 0.15) is 48.8 Å². The van der Waals surface area contributed by atoms with Gasteiger partial charge in [-0.25, -0.2) is 0 Å². The highest BCUT2D eigenvalue weighted by molar-refractivity contribution is 5.73. The molecule has 0 saturated carbocycles. The molecule has 10 atom stereocenters. The van der Waals surface area contributed by atoms with Gasteiger partial charge in [0.05, 0.1) is 26.4 Å². The summed E-state index contributed by atoms with van der Waals surface area (Å²) in [5.74, 6) is -0.400. The maximum Gasteiger partial charge on any atom is 0.217 e. The van der Waals surface area contributed by atoms with Crippen molar-refractivity contribution in [3.8, 4) is 0 Å². The van der Waals surface area contributed by atoms with Crippen LogP contribution in [0, 0.1) is 0 Å². The standard InChI is InChI=1S/C17H29NO11/c1-7(20)18-10-12(22)14-9(28-16(10)24-2)6-25-3-4-26-15-13(23)11(21)8(5-19)27-17(15)29-14/h8-17,19,21-23H,3-6H2,1-2H3,(H,18,20)/t8-,9-,10-,11+,12-,13+,14-,15-,16-,17+/m1/s1. The zero-order valence-corrected chi connectivity index (χ0v) is 16.2. The zero-order valence-electron chi connectivity index (χ0n) is 16.2. The Morgan fingerprint density at radius 1 is 1.07 bits per heavy atom. The third kappa shape index (κ3) is 4.88. The Kier molecular flexibility index (Phi) is 7.78. The number of hydrogen-bond donors (Lipinski definition) is 5. The number of ether oxygens (including phenoxy) is 6. The molecule has 3 aliphatic heterocycles. The minimum Gasteiger partial charge on any atom is -0.394 e. The highest BCUT2D eigenvalue weighted by Crippen LogP contribution is 2.31. The molecule has 0 radical (unpaired) electrons. The van der Waals surface area contributed by atoms with E-state index in [9.17, 15) is 25.2 Å². The molecule has 0 aromatic heterocycles. The summed E-state index contributed by atoms with van der Waals surface area (Å²) in [4.78, 5) is 11.6. The van der Waals surface area contributed by atoms with Crippen LogP contribution in [0.4, 0.5) is 0 Å². The smallest absolute Gasteiger partial charge is 0.217 e. The average Bonchev–Trinajstić information content (AvgIpc) is 2.69. The summed E-state index contributed by atoms with van der Waals surface area (Å²) in [7, 11) is 1.38. The summed E-state index contributed by atoms with van der Waals surface area (Å²) >= 11 is 0. The summed E-state index contributed by atoms with van der Waals surface area (Å²) in [6, 6.07) is -0.936. The molecule has 168 valence electrons. The molecule has 1 amide bonds. The number of nitrogens with one attached hydrogen (secondary N) is 1. The fourth-order valence-corrected chi connectivity index (χ4v) is 3.75. The number of carbonyl (C=O) groups excluding carboxylic acids is 1. The van der Waals surface area contributed by atoms with Gasteiger partial charge in [-0.15, -0.1) is 0 Å². The van der Waals surface area contributed by atoms with E-state index in [1.54, 1.807) is 0 Å². The molecule has 3 fully saturated rings. The van der Waals surface area contributed by atoms with Crippen molar-refractivity contribution in [2.24, 2.45) is 0 Å². The molecule has 0 spiro atoms. The zero-order chi connectivity index (χ0) is 21.1. The summed E-state index contributed by atoms with van der Waals surface area (Å²) in [6.07, 6.45) is -10.2. The van der Waals surface area contributed by atoms with Crippen LogP contribution in [-0.4, -0.2) is 121 Å². The lowest BCUT2D eigenvalue weighted by molar-refractivity contribution is -0.356. The van der Waals surface area contributed by atoms with Crippen molar-refractivity contribution in [3.63, 3.8) is 0 Å². The molecule has 0 bridgehead atoms. The van der Waals surface area contributed by atoms with Crippen molar-refractivity contribution in [1.82, 2.24) is 5.32 Å². The van der Waals surface area contributed by atoms with E-state index in [0.29, 0.717) is 0 Å². The Morgan fingerprint density at radius 3 is 2.48 bits per heavy atom. The van der Waals surface area contributed by atoms with Crippen LogP contribution in [0.15, 0.2) is 0 Å². The topological polar surface area (TPSA) is 165 Å². The maximum absolute atomic E-state index is 11.6. The average molecular weight is 423 g/mol. The van der Waals surface area contributed by atoms with Gasteiger partial charge < -0.3 is 54.2 Å². The first-order valence-corrected chi connectivity index (χ1v) is 9.48. The fraction of sp³-hybridized carbons (Fsp3) is 0.941. The minimum absolute atomic E-state index is 0.0454. The molecule has 0 aromatic carbocycles. The summed E-state index contributed by atoms with van der Waals surface area (Å²) in [5.41, 5.74) is 0. The molecule has 12 heteroatoms. The van der Waals surface area contributed by atoms with E-state index in [4.69, 9.17) is 28.4 Å². The number of rotatable bonds is 3. The molecule has 29 heavy (non-hydrogen) atoms. The molecule has 3 heterocycles. The highest BCUT2D eigenvalue weighted by Gasteiger charge is 2.52. The summed E-state index contributed by atoms with van der Waals surface area (Å²) < 4.78 is 33.7. The van der Waals surface area contributed by atoms with E-state index in [1.165, 1.54) is 14.0 Å². The van der Waals surface area contributed by atoms with Gasteiger partial charge in [-0.2, -0.15) is 0 Å². The molecule has 3 saturated heterocycles. The number of aliphatic hydroxyl groups excluding tert-OH is 4. The fourth-order valence-electron chi connectivity index (χ4n) is 3.75. The second kappa shape index (κ2) is 9.92. The largest absolute Gasteiger partial charge is 0.394 e. The van der Waals surface area contributed by atoms with E-state index in [-0.39, 0.29) is 19.8 Å². The first-order chi connectivity index (χ1) is 13.9. The van der Waals surface area contributed by atoms with Gasteiger partial charge in [0.25, 0.3) is 0 Å². The van der Waals surface area contributed by atoms with Gasteiger partial charge in [0.2, 0.25) is 5.91 Å². The molecule has 3 rings (SSSR count). The molecule has 0 unspecified atom stereocenters. The maximum atomic E-state index is 11.6. The van der Waals surface area contributed by atoms with Gasteiger partial charge in [-0.3, -0.25) is 4.79 Å². The molecular formula is C17H29NO11. The van der Waals surface area contributed by atoms with Crippen LogP contribution in [-0.2, 0) is 33.2 Å². The van der Waals surface area contributed by atoms with E-state index in [0.717, 1.165) is 0 Å². The number of carbonyl (C=O) groups is 1. The molecule has 0 aliphatic carbocycles. The van der Waals surface area contributed by atoms with E-state index in [1.807, 2.05) is 0 Å². The van der Waals surface area contributed by atoms with Crippen LogP contribution in [0.3, 0.4) is 0 Å². The quantitative estimate of drug-likeness (QED) is 0.305. The predicted octanol–water partition coefficient (Wildman–Crippen LogP) is -3.54. The van der Waals surface area contributed by atoms with Crippen LogP contribution in [0.2, 0.25) is 0 Å². The van der Waals surface area contributed by atoms with E-state index in [2.05, 4.69) is 5.32 Å². The first-order valence-electron chi connectivity index (χ1n) is 9.48. The Morgan fingerprint density at radius 2 is 1.83 bits per heavy atom. The van der Waals surface area contributed by atoms with Crippen molar-refractivity contribution in [1.29, 1.82) is 0 Å². The van der Waals surface area contributed by atoms with Gasteiger partial charge in [0.15, 0.2) is 12.6 Å². The number of methoxy groups -OCH3 is 1. The Hall–Kier alpha value is -0.930. The van der Waals surface area contributed by atoms with Gasteiger partial charge in [-0.1, -0.05) is 0 Å². The van der Waals surface area contributed by atoms with Crippen LogP contribution < -0.4 is 5.32 Å². The number of fused-ring (bicyclic) bond motifs is 2. The second-order valence-corrected chi connectivity index (χ2v) is 7.21. The van der Waals surface area contributed by atoms with Crippen molar-refractivity contribution >= 4 is 5.91 Å². The normalized spacial score (nSPS) is 46.3. The summed E-state index contributed by atoms with van der Waals surface area (Å²) in [5, 5.41) is 43.5. The van der Waals surface area contributed by atoms with Crippen molar-refractivity contribution in [2.75, 3.05) is 33.5 Å². The predicted molar refractivity (Wildman–Crippen MR) is 92.5 cm³/mol. The molecule has 0 aromatic rings. The first kappa shape index (κ1) is 22.7. The van der Waals surface area contributed by atoms with Gasteiger partial charge in [0, 0.05) is 14.0 Å². The van der Waals surface area contributed by atoms with Crippen molar-refractivity contribution < 1.29 is 53.6 Å². The molecule has 5 N–H and O–H groups in total. The minimum atomic E-state index is -1.40. The van der Waals surface area contributed by atoms with Crippen LogP contribution in [0.1, 0.15) is 6.92 Å². The molecule has 12 nitrogen and oxygen atoms in total. The number of aliphatic hydroxyl groups is 4. The van der Waals surface area contributed by atoms with E-state index < -0.39 is 73.9 Å². The lowest BCUT2D eigenvalue weighted by Crippen LogP contribution is -2.68. The van der Waals surface area contributed by atoms with Crippen LogP contribution >= 0.6 is 0 Å². The SMILES string of the molecule is CO[C@@H]1O[C@@H]2COCCO[C@H]3[C@H](O[C@H]2[C@H](O)[C@H]1NC(C)=O)O[C@H](CO)[C@H](O)[C@@H]3O. The Labute approximate surface area is 167 Å². The Bertz CT molecular complexity index is 551. The van der Waals surface area contributed by atoms with Crippen LogP contribution in [0.5, 0.6) is 0 Å². The summed E-state index contributed by atoms with van der Waals surface area (Å²) in [6.45, 7) is 1.03. The third-order valence-corrected chi connectivity index (χ3v) is 5.21. The number of hydrogen-bond acceptors (Lipinski definition) is 11. The highest BCUT2D eigenvalue weighted by atomic mass is 16.7. The second-order valence-electron chi connectivity index (χ2n) is 7.21.